The van der Waals surface area contributed by atoms with E-state index >= 15 is 0 Å². The lowest BCUT2D eigenvalue weighted by atomic mass is 10.1. The van der Waals surface area contributed by atoms with Gasteiger partial charge < -0.3 is 19.1 Å². The Labute approximate surface area is 163 Å². The second-order valence-electron chi connectivity index (χ2n) is 5.57. The third-order valence-corrected chi connectivity index (χ3v) is 4.05. The molecule has 2 N–H and O–H groups in total. The van der Waals surface area contributed by atoms with Crippen molar-refractivity contribution in [2.45, 2.75) is 20.6 Å². The molecular weight excluding hydrogens is 358 g/mol. The molecule has 3 rings (SSSR count). The average Bonchev–Trinajstić information content (AvgIpc) is 3.02. The summed E-state index contributed by atoms with van der Waals surface area (Å²) in [5, 5.41) is 21.6. The van der Waals surface area contributed by atoms with Gasteiger partial charge in [0.05, 0.1) is 23.9 Å². The summed E-state index contributed by atoms with van der Waals surface area (Å²) in [7, 11) is 3.17. The van der Waals surface area contributed by atoms with Crippen LogP contribution in [0.5, 0.6) is 5.75 Å². The van der Waals surface area contributed by atoms with Crippen LogP contribution < -0.4 is 10.1 Å². The summed E-state index contributed by atoms with van der Waals surface area (Å²) >= 11 is 0. The number of anilines is 1. The minimum Gasteiger partial charge on any atom is -0.497 e. The summed E-state index contributed by atoms with van der Waals surface area (Å²) in [4.78, 5) is 10.8. The van der Waals surface area contributed by atoms with E-state index in [-0.39, 0.29) is 6.73 Å². The first kappa shape index (κ1) is 20.8. The van der Waals surface area contributed by atoms with Crippen LogP contribution >= 0.6 is 0 Å². The van der Waals surface area contributed by atoms with Gasteiger partial charge in [-0.2, -0.15) is 5.26 Å². The lowest BCUT2D eigenvalue weighted by molar-refractivity contribution is 0.136. The Morgan fingerprint density at radius 1 is 1.18 bits per heavy atom. The van der Waals surface area contributed by atoms with E-state index in [1.165, 1.54) is 0 Å². The van der Waals surface area contributed by atoms with Gasteiger partial charge in [0.2, 0.25) is 0 Å². The topological polar surface area (TPSA) is 96.5 Å². The van der Waals surface area contributed by atoms with E-state index in [0.717, 1.165) is 16.5 Å². The molecule has 146 valence electrons. The summed E-state index contributed by atoms with van der Waals surface area (Å²) in [6.45, 7) is 4.26. The number of carboxylic acid groups (broad SMARTS) is 1. The molecule has 0 aliphatic carbocycles. The predicted molar refractivity (Wildman–Crippen MR) is 109 cm³/mol. The quantitative estimate of drug-likeness (QED) is 0.655. The van der Waals surface area contributed by atoms with Gasteiger partial charge in [0.25, 0.3) is 0 Å². The van der Waals surface area contributed by atoms with E-state index in [1.54, 1.807) is 38.5 Å². The van der Waals surface area contributed by atoms with Crippen LogP contribution in [0.4, 0.5) is 10.5 Å². The third kappa shape index (κ3) is 4.08. The fourth-order valence-corrected chi connectivity index (χ4v) is 2.97. The molecule has 1 aromatic heterocycles. The summed E-state index contributed by atoms with van der Waals surface area (Å²) in [5.41, 5.74) is 3.30. The fraction of sp³-hybridized carbons (Fsp3) is 0.238. The van der Waals surface area contributed by atoms with Gasteiger partial charge in [-0.3, -0.25) is 5.32 Å². The van der Waals surface area contributed by atoms with Gasteiger partial charge in [-0.05, 0) is 29.8 Å². The molecule has 0 radical (unpaired) electrons. The number of fused-ring (bicyclic) bond motifs is 1. The standard InChI is InChI=1S/C19H17N3O4.C2H6/c1-25-11-22-17-9-14(26-2)7-8-15(17)16(10-20)18(22)12-3-5-13(6-4-12)21-19(23)24;1-2/h3-9,21H,11H2,1-2H3,(H,23,24);1-2H3. The van der Waals surface area contributed by atoms with Gasteiger partial charge in [-0.25, -0.2) is 4.79 Å². The molecule has 0 saturated carbocycles. The molecule has 0 bridgehead atoms. The van der Waals surface area contributed by atoms with Crippen LogP contribution in [0.15, 0.2) is 42.5 Å². The highest BCUT2D eigenvalue weighted by Crippen LogP contribution is 2.35. The number of nitrogens with zero attached hydrogens (tertiary/aromatic N) is 2. The second-order valence-corrected chi connectivity index (χ2v) is 5.57. The van der Waals surface area contributed by atoms with E-state index in [9.17, 15) is 10.1 Å². The maximum Gasteiger partial charge on any atom is 0.409 e. The number of hydrogen-bond donors (Lipinski definition) is 2. The van der Waals surface area contributed by atoms with Crippen molar-refractivity contribution in [2.75, 3.05) is 19.5 Å². The van der Waals surface area contributed by atoms with Crippen LogP contribution in [0.2, 0.25) is 0 Å². The maximum atomic E-state index is 10.8. The van der Waals surface area contributed by atoms with Crippen molar-refractivity contribution in [3.05, 3.63) is 48.0 Å². The third-order valence-electron chi connectivity index (χ3n) is 4.05. The Bertz CT molecular complexity index is 1000. The maximum absolute atomic E-state index is 10.8. The van der Waals surface area contributed by atoms with Gasteiger partial charge in [0.15, 0.2) is 0 Å². The lowest BCUT2D eigenvalue weighted by Crippen LogP contribution is -2.07. The van der Waals surface area contributed by atoms with Crippen LogP contribution in [-0.4, -0.2) is 30.0 Å². The Kier molecular flexibility index (Phi) is 7.02. The molecule has 0 unspecified atom stereocenters. The van der Waals surface area contributed by atoms with Gasteiger partial charge >= 0.3 is 6.09 Å². The predicted octanol–water partition coefficient (Wildman–Crippen LogP) is 4.91. The van der Waals surface area contributed by atoms with Crippen molar-refractivity contribution in [1.82, 2.24) is 4.57 Å². The summed E-state index contributed by atoms with van der Waals surface area (Å²) in [5.74, 6) is 0.685. The van der Waals surface area contributed by atoms with Crippen LogP contribution in [0, 0.1) is 11.3 Å². The smallest absolute Gasteiger partial charge is 0.409 e. The van der Waals surface area contributed by atoms with Crippen molar-refractivity contribution >= 4 is 22.7 Å². The number of benzene rings is 2. The molecule has 2 aromatic carbocycles. The van der Waals surface area contributed by atoms with Crippen LogP contribution in [0.25, 0.3) is 22.2 Å². The van der Waals surface area contributed by atoms with Gasteiger partial charge in [0, 0.05) is 24.2 Å². The van der Waals surface area contributed by atoms with Crippen molar-refractivity contribution in [1.29, 1.82) is 5.26 Å². The van der Waals surface area contributed by atoms with Gasteiger partial charge in [0.1, 0.15) is 18.5 Å². The number of nitriles is 1. The van der Waals surface area contributed by atoms with E-state index in [4.69, 9.17) is 14.6 Å². The first-order chi connectivity index (χ1) is 13.6. The number of hydrogen-bond acceptors (Lipinski definition) is 4. The molecule has 1 amide bonds. The minimum absolute atomic E-state index is 0.260. The molecule has 7 heteroatoms. The zero-order chi connectivity index (χ0) is 20.7. The van der Waals surface area contributed by atoms with E-state index in [1.807, 2.05) is 36.6 Å². The fourth-order valence-electron chi connectivity index (χ4n) is 2.97. The Balaban J connectivity index is 0.00000136. The summed E-state index contributed by atoms with van der Waals surface area (Å²) < 4.78 is 12.5. The molecule has 0 atom stereocenters. The second kappa shape index (κ2) is 9.44. The molecule has 0 saturated heterocycles. The zero-order valence-corrected chi connectivity index (χ0v) is 16.3. The number of carbonyl (C=O) groups is 1. The number of methoxy groups -OCH3 is 2. The Morgan fingerprint density at radius 3 is 2.39 bits per heavy atom. The summed E-state index contributed by atoms with van der Waals surface area (Å²) in [6, 6.07) is 14.6. The summed E-state index contributed by atoms with van der Waals surface area (Å²) in [6.07, 6.45) is -1.13. The van der Waals surface area contributed by atoms with Crippen molar-refractivity contribution in [3.8, 4) is 23.1 Å². The molecular formula is C21H23N3O4. The molecule has 0 aliphatic rings. The van der Waals surface area contributed by atoms with E-state index in [2.05, 4.69) is 11.4 Å². The highest BCUT2D eigenvalue weighted by atomic mass is 16.5. The van der Waals surface area contributed by atoms with Crippen molar-refractivity contribution in [2.24, 2.45) is 0 Å². The number of ether oxygens (including phenoxy) is 2. The first-order valence-corrected chi connectivity index (χ1v) is 8.78. The monoisotopic (exact) mass is 381 g/mol. The molecule has 28 heavy (non-hydrogen) atoms. The normalized spacial score (nSPS) is 9.96. The molecule has 0 spiro atoms. The SMILES string of the molecule is CC.COCn1c(-c2ccc(NC(=O)O)cc2)c(C#N)c2ccc(OC)cc21. The highest BCUT2D eigenvalue weighted by molar-refractivity contribution is 5.95. The highest BCUT2D eigenvalue weighted by Gasteiger charge is 2.19. The Hall–Kier alpha value is -3.50. The molecule has 7 nitrogen and oxygen atoms in total. The number of nitrogens with one attached hydrogen (secondary N) is 1. The number of rotatable bonds is 5. The zero-order valence-electron chi connectivity index (χ0n) is 16.3. The molecule has 1 heterocycles. The van der Waals surface area contributed by atoms with Gasteiger partial charge in [-0.15, -0.1) is 0 Å². The lowest BCUT2D eigenvalue weighted by Gasteiger charge is -2.11. The molecule has 0 aliphatic heterocycles. The van der Waals surface area contributed by atoms with E-state index < -0.39 is 6.09 Å². The van der Waals surface area contributed by atoms with Crippen LogP contribution in [0.1, 0.15) is 19.4 Å². The largest absolute Gasteiger partial charge is 0.497 e. The van der Waals surface area contributed by atoms with Crippen LogP contribution in [0.3, 0.4) is 0 Å². The first-order valence-electron chi connectivity index (χ1n) is 8.78. The van der Waals surface area contributed by atoms with Crippen molar-refractivity contribution < 1.29 is 19.4 Å². The Morgan fingerprint density at radius 2 is 1.86 bits per heavy atom. The molecule has 0 fully saturated rings. The number of aromatic nitrogens is 1. The molecule has 3 aromatic rings. The van der Waals surface area contributed by atoms with Crippen molar-refractivity contribution in [3.63, 3.8) is 0 Å². The average molecular weight is 381 g/mol. The van der Waals surface area contributed by atoms with Gasteiger partial charge in [-0.1, -0.05) is 26.0 Å². The number of amides is 1. The van der Waals surface area contributed by atoms with Crippen LogP contribution in [-0.2, 0) is 11.5 Å². The minimum atomic E-state index is -1.13. The van der Waals surface area contributed by atoms with E-state index in [0.29, 0.717) is 22.7 Å².